The van der Waals surface area contributed by atoms with Crippen LogP contribution in [-0.4, -0.2) is 67.3 Å². The van der Waals surface area contributed by atoms with Crippen LogP contribution in [0.25, 0.3) is 10.2 Å². The Kier molecular flexibility index (Phi) is 6.67. The lowest BCUT2D eigenvalue weighted by Gasteiger charge is -2.39. The lowest BCUT2D eigenvalue weighted by molar-refractivity contribution is 0.0925. The average Bonchev–Trinajstić information content (AvgIpc) is 3.17. The second-order valence-corrected chi connectivity index (χ2v) is 9.26. The molecule has 0 saturated carbocycles. The van der Waals surface area contributed by atoms with Gasteiger partial charge in [-0.05, 0) is 51.3 Å². The summed E-state index contributed by atoms with van der Waals surface area (Å²) in [4.78, 5) is 22.2. The van der Waals surface area contributed by atoms with E-state index in [1.54, 1.807) is 11.3 Å². The van der Waals surface area contributed by atoms with Crippen LogP contribution >= 0.6 is 11.3 Å². The Bertz CT molecular complexity index is 823. The van der Waals surface area contributed by atoms with Crippen LogP contribution in [0.15, 0.2) is 18.2 Å². The Labute approximate surface area is 177 Å². The number of hydrogen-bond acceptors (Lipinski definition) is 6. The highest BCUT2D eigenvalue weighted by Gasteiger charge is 2.23. The van der Waals surface area contributed by atoms with E-state index in [1.165, 1.54) is 19.3 Å². The number of rotatable bonds is 6. The number of amides is 1. The summed E-state index contributed by atoms with van der Waals surface area (Å²) < 4.78 is 6.49. The van der Waals surface area contributed by atoms with Crippen molar-refractivity contribution < 1.29 is 9.53 Å². The van der Waals surface area contributed by atoms with Gasteiger partial charge in [0.25, 0.3) is 5.91 Å². The molecule has 2 saturated heterocycles. The normalized spacial score (nSPS) is 23.4. The van der Waals surface area contributed by atoms with Gasteiger partial charge in [0.15, 0.2) is 5.13 Å². The molecule has 0 aliphatic carbocycles. The number of benzene rings is 1. The molecule has 1 aromatic heterocycles. The summed E-state index contributed by atoms with van der Waals surface area (Å²) in [6.07, 6.45) is 4.91. The van der Waals surface area contributed by atoms with E-state index < -0.39 is 0 Å². The lowest BCUT2D eigenvalue weighted by Crippen LogP contribution is -2.44. The third kappa shape index (κ3) is 4.90. The van der Waals surface area contributed by atoms with Gasteiger partial charge in [-0.3, -0.25) is 9.69 Å². The van der Waals surface area contributed by atoms with Gasteiger partial charge in [-0.15, -0.1) is 0 Å². The van der Waals surface area contributed by atoms with E-state index in [1.807, 2.05) is 18.2 Å². The van der Waals surface area contributed by atoms with Crippen molar-refractivity contribution in [1.82, 2.24) is 15.2 Å². The number of nitrogens with one attached hydrogen (secondary N) is 1. The number of carbonyl (C=O) groups excluding carboxylic acids is 1. The Hall–Kier alpha value is -1.70. The molecule has 2 aromatic rings. The molecule has 4 rings (SSSR count). The highest BCUT2D eigenvalue weighted by molar-refractivity contribution is 7.22. The third-order valence-electron chi connectivity index (χ3n) is 6.18. The first kappa shape index (κ1) is 20.6. The van der Waals surface area contributed by atoms with Crippen LogP contribution in [-0.2, 0) is 4.74 Å². The molecule has 2 aliphatic rings. The number of carbonyl (C=O) groups is 1. The summed E-state index contributed by atoms with van der Waals surface area (Å²) in [5, 5.41) is 4.11. The van der Waals surface area contributed by atoms with Crippen molar-refractivity contribution >= 4 is 32.6 Å². The van der Waals surface area contributed by atoms with E-state index >= 15 is 0 Å². The highest BCUT2D eigenvalue weighted by atomic mass is 32.1. The second-order valence-electron chi connectivity index (χ2n) is 8.25. The van der Waals surface area contributed by atoms with Crippen LogP contribution in [0.1, 0.15) is 49.9 Å². The number of piperidine rings is 1. The fourth-order valence-corrected chi connectivity index (χ4v) is 5.48. The van der Waals surface area contributed by atoms with Crippen molar-refractivity contribution in [3.8, 4) is 0 Å². The van der Waals surface area contributed by atoms with E-state index in [4.69, 9.17) is 9.72 Å². The number of hydrogen-bond donors (Lipinski definition) is 1. The van der Waals surface area contributed by atoms with Gasteiger partial charge < -0.3 is 15.0 Å². The van der Waals surface area contributed by atoms with Gasteiger partial charge in [0, 0.05) is 43.8 Å². The van der Waals surface area contributed by atoms with Crippen LogP contribution in [0, 0.1) is 0 Å². The van der Waals surface area contributed by atoms with Crippen LogP contribution in [0.2, 0.25) is 0 Å². The zero-order chi connectivity index (χ0) is 20.2. The molecule has 1 N–H and O–H groups in total. The minimum absolute atomic E-state index is 0.00737. The molecule has 0 unspecified atom stereocenters. The van der Waals surface area contributed by atoms with Crippen molar-refractivity contribution in [3.63, 3.8) is 0 Å². The zero-order valence-electron chi connectivity index (χ0n) is 17.5. The van der Waals surface area contributed by atoms with Crippen LogP contribution in [0.3, 0.4) is 0 Å². The minimum atomic E-state index is 0.00737. The number of aromatic nitrogens is 1. The number of anilines is 1. The fraction of sp³-hybridized carbons (Fsp3) is 0.636. The first-order valence-electron chi connectivity index (χ1n) is 10.9. The summed E-state index contributed by atoms with van der Waals surface area (Å²) in [5.41, 5.74) is 1.68. The number of morpholine rings is 1. The fourth-order valence-electron chi connectivity index (χ4n) is 4.42. The topological polar surface area (TPSA) is 57.7 Å². The third-order valence-corrected chi connectivity index (χ3v) is 7.25. The SMILES string of the molecule is C[C@@H]1CCC[C@@H](C)N1CCCNC(=O)c1ccc2nc(N3CCOCC3)sc2c1. The number of likely N-dealkylation sites (tertiary alicyclic amines) is 1. The summed E-state index contributed by atoms with van der Waals surface area (Å²) >= 11 is 1.66. The van der Waals surface area contributed by atoms with Gasteiger partial charge in [0.05, 0.1) is 23.4 Å². The maximum atomic E-state index is 12.6. The predicted molar refractivity (Wildman–Crippen MR) is 119 cm³/mol. The Morgan fingerprint density at radius 3 is 2.76 bits per heavy atom. The monoisotopic (exact) mass is 416 g/mol. The lowest BCUT2D eigenvalue weighted by atomic mass is 9.97. The predicted octanol–water partition coefficient (Wildman–Crippen LogP) is 3.52. The van der Waals surface area contributed by atoms with E-state index in [0.717, 1.165) is 60.2 Å². The number of nitrogens with zero attached hydrogens (tertiary/aromatic N) is 3. The molecule has 3 heterocycles. The molecule has 7 heteroatoms. The maximum absolute atomic E-state index is 12.6. The molecule has 0 bridgehead atoms. The Morgan fingerprint density at radius 2 is 2.00 bits per heavy atom. The van der Waals surface area contributed by atoms with Crippen molar-refractivity contribution in [2.75, 3.05) is 44.3 Å². The molecular weight excluding hydrogens is 384 g/mol. The van der Waals surface area contributed by atoms with E-state index in [0.29, 0.717) is 18.6 Å². The molecule has 158 valence electrons. The Morgan fingerprint density at radius 1 is 1.24 bits per heavy atom. The van der Waals surface area contributed by atoms with Crippen LogP contribution in [0.4, 0.5) is 5.13 Å². The van der Waals surface area contributed by atoms with Gasteiger partial charge >= 0.3 is 0 Å². The number of ether oxygens (including phenoxy) is 1. The standard InChI is InChI=1S/C22H32N4O2S/c1-16-5-3-6-17(2)26(16)10-4-9-23-21(27)18-7-8-19-20(15-18)29-22(24-19)25-11-13-28-14-12-25/h7-8,15-17H,3-6,9-14H2,1-2H3,(H,23,27)/t16-,17-/m1/s1. The van der Waals surface area contributed by atoms with Crippen molar-refractivity contribution in [2.45, 2.75) is 51.6 Å². The van der Waals surface area contributed by atoms with Crippen molar-refractivity contribution in [3.05, 3.63) is 23.8 Å². The number of fused-ring (bicyclic) bond motifs is 1. The molecule has 0 radical (unpaired) electrons. The van der Waals surface area contributed by atoms with Gasteiger partial charge in [0.1, 0.15) is 0 Å². The maximum Gasteiger partial charge on any atom is 0.251 e. The summed E-state index contributed by atoms with van der Waals surface area (Å²) in [6, 6.07) is 7.13. The molecule has 2 atom stereocenters. The molecule has 2 aliphatic heterocycles. The summed E-state index contributed by atoms with van der Waals surface area (Å²) in [6.45, 7) is 9.67. The smallest absolute Gasteiger partial charge is 0.251 e. The summed E-state index contributed by atoms with van der Waals surface area (Å²) in [7, 11) is 0. The van der Waals surface area contributed by atoms with Crippen molar-refractivity contribution in [2.24, 2.45) is 0 Å². The van der Waals surface area contributed by atoms with Crippen molar-refractivity contribution in [1.29, 1.82) is 0 Å². The zero-order valence-corrected chi connectivity index (χ0v) is 18.3. The van der Waals surface area contributed by atoms with Gasteiger partial charge in [-0.2, -0.15) is 0 Å². The largest absolute Gasteiger partial charge is 0.378 e. The molecule has 1 aromatic carbocycles. The molecule has 0 spiro atoms. The van der Waals surface area contributed by atoms with Gasteiger partial charge in [0.2, 0.25) is 0 Å². The van der Waals surface area contributed by atoms with E-state index in [-0.39, 0.29) is 5.91 Å². The first-order chi connectivity index (χ1) is 14.1. The molecule has 2 fully saturated rings. The molecule has 1 amide bonds. The van der Waals surface area contributed by atoms with Gasteiger partial charge in [-0.1, -0.05) is 17.8 Å². The van der Waals surface area contributed by atoms with Gasteiger partial charge in [-0.25, -0.2) is 4.98 Å². The van der Waals surface area contributed by atoms with Crippen LogP contribution in [0.5, 0.6) is 0 Å². The van der Waals surface area contributed by atoms with E-state index in [9.17, 15) is 4.79 Å². The average molecular weight is 417 g/mol. The molecule has 6 nitrogen and oxygen atoms in total. The van der Waals surface area contributed by atoms with Crippen LogP contribution < -0.4 is 10.2 Å². The van der Waals surface area contributed by atoms with E-state index in [2.05, 4.69) is 29.0 Å². The molecule has 29 heavy (non-hydrogen) atoms. The quantitative estimate of drug-likeness (QED) is 0.730. The minimum Gasteiger partial charge on any atom is -0.378 e. The highest BCUT2D eigenvalue weighted by Crippen LogP contribution is 2.30. The number of thiazole rings is 1. The molecular formula is C22H32N4O2S. The first-order valence-corrected chi connectivity index (χ1v) is 11.7. The summed E-state index contributed by atoms with van der Waals surface area (Å²) in [5.74, 6) is 0.00737. The Balaban J connectivity index is 1.31. The second kappa shape index (κ2) is 9.41.